The van der Waals surface area contributed by atoms with Gasteiger partial charge in [-0.2, -0.15) is 10.1 Å². The standard InChI is InChI=1S/C27H35BrClN5O4/c1-27(2,3)37-26(35)33-12-7-8-17(16-33)25-31-22(38-32-25)10-6-9-18-20(29)14-21-19(24(18)28)15-30-34(21)23-11-4-5-13-36-23/h14-15,17,23H,4-13,16H2,1-3H3/t17-,23?/m1/s1. The maximum absolute atomic E-state index is 12.5. The van der Waals surface area contributed by atoms with Crippen LogP contribution in [0.2, 0.25) is 5.02 Å². The molecule has 0 aliphatic carbocycles. The van der Waals surface area contributed by atoms with E-state index in [4.69, 9.17) is 25.6 Å². The van der Waals surface area contributed by atoms with Crippen LogP contribution in [0.4, 0.5) is 4.79 Å². The molecule has 2 fully saturated rings. The smallest absolute Gasteiger partial charge is 0.410 e. The molecular formula is C27H35BrClN5O4. The number of fused-ring (bicyclic) bond motifs is 1. The molecule has 0 radical (unpaired) electrons. The Morgan fingerprint density at radius 1 is 1.24 bits per heavy atom. The average molecular weight is 609 g/mol. The van der Waals surface area contributed by atoms with Crippen LogP contribution in [0.15, 0.2) is 21.3 Å². The molecule has 2 aliphatic heterocycles. The molecule has 2 atom stereocenters. The van der Waals surface area contributed by atoms with Crippen LogP contribution in [-0.2, 0) is 22.3 Å². The Morgan fingerprint density at radius 3 is 2.84 bits per heavy atom. The van der Waals surface area contributed by atoms with E-state index in [0.717, 1.165) is 72.5 Å². The number of hydrogen-bond donors (Lipinski definition) is 0. The number of aryl methyl sites for hydroxylation is 1. The van der Waals surface area contributed by atoms with E-state index in [2.05, 4.69) is 31.2 Å². The molecule has 1 aromatic carbocycles. The maximum Gasteiger partial charge on any atom is 0.410 e. The highest BCUT2D eigenvalue weighted by Crippen LogP contribution is 2.36. The summed E-state index contributed by atoms with van der Waals surface area (Å²) < 4.78 is 20.0. The van der Waals surface area contributed by atoms with E-state index < -0.39 is 5.60 Å². The van der Waals surface area contributed by atoms with Crippen LogP contribution in [0.5, 0.6) is 0 Å². The zero-order valence-electron chi connectivity index (χ0n) is 22.2. The molecule has 0 N–H and O–H groups in total. The van der Waals surface area contributed by atoms with E-state index in [-0.39, 0.29) is 18.2 Å². The van der Waals surface area contributed by atoms with Crippen molar-refractivity contribution < 1.29 is 18.8 Å². The molecule has 38 heavy (non-hydrogen) atoms. The topological polar surface area (TPSA) is 95.5 Å². The fourth-order valence-electron chi connectivity index (χ4n) is 5.17. The van der Waals surface area contributed by atoms with Crippen molar-refractivity contribution in [1.29, 1.82) is 0 Å². The molecule has 206 valence electrons. The van der Waals surface area contributed by atoms with Gasteiger partial charge in [-0.1, -0.05) is 16.8 Å². The van der Waals surface area contributed by atoms with Gasteiger partial charge >= 0.3 is 6.09 Å². The Labute approximate surface area is 236 Å². The summed E-state index contributed by atoms with van der Waals surface area (Å²) in [7, 11) is 0. The quantitative estimate of drug-likeness (QED) is 0.303. The third-order valence-electron chi connectivity index (χ3n) is 7.06. The van der Waals surface area contributed by atoms with Crippen LogP contribution in [0.25, 0.3) is 10.9 Å². The minimum absolute atomic E-state index is 0.0397. The van der Waals surface area contributed by atoms with Crippen LogP contribution < -0.4 is 0 Å². The summed E-state index contributed by atoms with van der Waals surface area (Å²) in [6, 6.07) is 1.99. The van der Waals surface area contributed by atoms with Gasteiger partial charge in [0.25, 0.3) is 0 Å². The summed E-state index contributed by atoms with van der Waals surface area (Å²) in [4.78, 5) is 18.9. The number of rotatable bonds is 6. The van der Waals surface area contributed by atoms with Crippen LogP contribution in [0, 0.1) is 0 Å². The highest BCUT2D eigenvalue weighted by Gasteiger charge is 2.30. The number of piperidine rings is 1. The molecule has 0 bridgehead atoms. The molecule has 0 saturated carbocycles. The van der Waals surface area contributed by atoms with Crippen molar-refractivity contribution in [2.75, 3.05) is 19.7 Å². The lowest BCUT2D eigenvalue weighted by molar-refractivity contribution is -0.0366. The van der Waals surface area contributed by atoms with E-state index in [0.29, 0.717) is 36.2 Å². The molecule has 11 heteroatoms. The predicted molar refractivity (Wildman–Crippen MR) is 147 cm³/mol. The lowest BCUT2D eigenvalue weighted by Gasteiger charge is -2.32. The summed E-state index contributed by atoms with van der Waals surface area (Å²) in [6.07, 6.45) is 8.75. The van der Waals surface area contributed by atoms with E-state index in [1.165, 1.54) is 0 Å². The van der Waals surface area contributed by atoms with E-state index >= 15 is 0 Å². The van der Waals surface area contributed by atoms with Gasteiger partial charge in [-0.05, 0) is 93.3 Å². The normalized spacial score (nSPS) is 20.7. The highest BCUT2D eigenvalue weighted by atomic mass is 79.9. The van der Waals surface area contributed by atoms with Crippen molar-refractivity contribution in [3.8, 4) is 0 Å². The van der Waals surface area contributed by atoms with Crippen molar-refractivity contribution in [1.82, 2.24) is 24.8 Å². The predicted octanol–water partition coefficient (Wildman–Crippen LogP) is 6.82. The SMILES string of the molecule is CC(C)(C)OC(=O)N1CCC[C@@H](c2noc(CCCc3c(Cl)cc4c(cnn4C4CCCCO4)c3Br)n2)C1. The zero-order valence-corrected chi connectivity index (χ0v) is 24.6. The van der Waals surface area contributed by atoms with Crippen molar-refractivity contribution in [2.24, 2.45) is 0 Å². The minimum Gasteiger partial charge on any atom is -0.444 e. The number of hydrogen-bond acceptors (Lipinski definition) is 7. The Bertz CT molecular complexity index is 1280. The molecule has 9 nitrogen and oxygen atoms in total. The van der Waals surface area contributed by atoms with Crippen molar-refractivity contribution in [3.05, 3.63) is 39.0 Å². The Balaban J connectivity index is 1.20. The zero-order chi connectivity index (χ0) is 26.9. The van der Waals surface area contributed by atoms with Crippen molar-refractivity contribution in [3.63, 3.8) is 0 Å². The number of amides is 1. The second kappa shape index (κ2) is 11.5. The van der Waals surface area contributed by atoms with E-state index in [1.54, 1.807) is 4.90 Å². The summed E-state index contributed by atoms with van der Waals surface area (Å²) in [6.45, 7) is 7.61. The number of ether oxygens (including phenoxy) is 2. The fourth-order valence-corrected chi connectivity index (χ4v) is 6.29. The van der Waals surface area contributed by atoms with Gasteiger partial charge in [-0.25, -0.2) is 9.48 Å². The first-order chi connectivity index (χ1) is 18.2. The summed E-state index contributed by atoms with van der Waals surface area (Å²) >= 11 is 10.5. The van der Waals surface area contributed by atoms with Gasteiger partial charge in [-0.15, -0.1) is 0 Å². The summed E-state index contributed by atoms with van der Waals surface area (Å²) in [5.41, 5.74) is 1.51. The first-order valence-electron chi connectivity index (χ1n) is 13.5. The average Bonchev–Trinajstić information content (AvgIpc) is 3.53. The Morgan fingerprint density at radius 2 is 2.08 bits per heavy atom. The van der Waals surface area contributed by atoms with Crippen LogP contribution in [-0.4, -0.2) is 56.2 Å². The molecule has 1 amide bonds. The molecule has 2 saturated heterocycles. The van der Waals surface area contributed by atoms with Crippen LogP contribution in [0.3, 0.4) is 0 Å². The Kier molecular flexibility index (Phi) is 8.30. The number of benzene rings is 1. The number of halogens is 2. The van der Waals surface area contributed by atoms with Crippen molar-refractivity contribution >= 4 is 44.5 Å². The highest BCUT2D eigenvalue weighted by molar-refractivity contribution is 9.10. The molecular weight excluding hydrogens is 574 g/mol. The second-order valence-corrected chi connectivity index (χ2v) is 12.4. The molecule has 3 aromatic rings. The molecule has 2 aliphatic rings. The third-order valence-corrected chi connectivity index (χ3v) is 8.30. The molecule has 2 aromatic heterocycles. The number of carbonyl (C=O) groups is 1. The number of likely N-dealkylation sites (tertiary alicyclic amines) is 1. The molecule has 1 unspecified atom stereocenters. The van der Waals surface area contributed by atoms with Gasteiger partial charge in [0, 0.05) is 46.9 Å². The van der Waals surface area contributed by atoms with Gasteiger partial charge in [0.2, 0.25) is 5.89 Å². The monoisotopic (exact) mass is 607 g/mol. The molecule has 5 rings (SSSR count). The minimum atomic E-state index is -0.518. The number of aromatic nitrogens is 4. The fraction of sp³-hybridized carbons (Fsp3) is 0.630. The lowest BCUT2D eigenvalue weighted by atomic mass is 9.98. The van der Waals surface area contributed by atoms with Crippen LogP contribution >= 0.6 is 27.5 Å². The van der Waals surface area contributed by atoms with Crippen LogP contribution in [0.1, 0.15) is 88.7 Å². The number of carbonyl (C=O) groups excluding carboxylic acids is 1. The molecule has 0 spiro atoms. The number of nitrogens with zero attached hydrogens (tertiary/aromatic N) is 5. The summed E-state index contributed by atoms with van der Waals surface area (Å²) in [5.74, 6) is 1.31. The van der Waals surface area contributed by atoms with Gasteiger partial charge in [0.15, 0.2) is 12.1 Å². The largest absolute Gasteiger partial charge is 0.444 e. The third kappa shape index (κ3) is 6.18. The first-order valence-corrected chi connectivity index (χ1v) is 14.6. The van der Waals surface area contributed by atoms with E-state index in [1.807, 2.05) is 37.7 Å². The summed E-state index contributed by atoms with van der Waals surface area (Å²) in [5, 5.41) is 10.6. The van der Waals surface area contributed by atoms with Gasteiger partial charge in [0.1, 0.15) is 5.60 Å². The first kappa shape index (κ1) is 27.4. The Hall–Kier alpha value is -2.17. The van der Waals surface area contributed by atoms with Gasteiger partial charge in [-0.3, -0.25) is 0 Å². The second-order valence-electron chi connectivity index (χ2n) is 11.2. The maximum atomic E-state index is 12.5. The lowest BCUT2D eigenvalue weighted by Crippen LogP contribution is -2.42. The van der Waals surface area contributed by atoms with E-state index in [9.17, 15) is 4.79 Å². The van der Waals surface area contributed by atoms with Gasteiger partial charge < -0.3 is 18.9 Å². The molecule has 4 heterocycles. The van der Waals surface area contributed by atoms with Crippen molar-refractivity contribution in [2.45, 2.75) is 89.9 Å². The van der Waals surface area contributed by atoms with Gasteiger partial charge in [0.05, 0.1) is 11.7 Å².